The van der Waals surface area contributed by atoms with Gasteiger partial charge >= 0.3 is 0 Å². The Bertz CT molecular complexity index is 1250. The molecule has 9 heteroatoms. The number of hydrogen-bond acceptors (Lipinski definition) is 5. The lowest BCUT2D eigenvalue weighted by atomic mass is 10.2. The number of pyridine rings is 1. The molecule has 0 aliphatic rings. The highest BCUT2D eigenvalue weighted by Gasteiger charge is 2.17. The average molecular weight is 378 g/mol. The summed E-state index contributed by atoms with van der Waals surface area (Å²) >= 11 is 0. The van der Waals surface area contributed by atoms with Gasteiger partial charge in [-0.15, -0.1) is 10.2 Å². The van der Waals surface area contributed by atoms with Crippen LogP contribution >= 0.6 is 0 Å². The molecule has 1 N–H and O–H groups in total. The summed E-state index contributed by atoms with van der Waals surface area (Å²) < 4.78 is 17.1. The Labute approximate surface area is 158 Å². The van der Waals surface area contributed by atoms with Gasteiger partial charge in [-0.2, -0.15) is 5.10 Å². The minimum absolute atomic E-state index is 0.0543. The summed E-state index contributed by atoms with van der Waals surface area (Å²) in [6.45, 7) is 1.67. The number of carbonyl (C=O) groups is 1. The number of benzene rings is 1. The third-order valence-corrected chi connectivity index (χ3v) is 4.19. The molecule has 28 heavy (non-hydrogen) atoms. The number of nitrogens with zero attached hydrogens (tertiary/aromatic N) is 5. The first-order chi connectivity index (χ1) is 13.5. The zero-order chi connectivity index (χ0) is 19.7. The van der Waals surface area contributed by atoms with Gasteiger partial charge in [0.05, 0.1) is 6.54 Å². The highest BCUT2D eigenvalue weighted by molar-refractivity contribution is 5.91. The first-order valence-electron chi connectivity index (χ1n) is 8.47. The van der Waals surface area contributed by atoms with Crippen LogP contribution in [-0.2, 0) is 6.54 Å². The zero-order valence-corrected chi connectivity index (χ0v) is 14.8. The van der Waals surface area contributed by atoms with Crippen LogP contribution in [0.3, 0.4) is 0 Å². The molecule has 140 valence electrons. The third kappa shape index (κ3) is 3.13. The van der Waals surface area contributed by atoms with Gasteiger partial charge in [0.1, 0.15) is 11.5 Å². The van der Waals surface area contributed by atoms with Gasteiger partial charge in [0.15, 0.2) is 17.2 Å². The van der Waals surface area contributed by atoms with E-state index in [0.717, 1.165) is 0 Å². The summed E-state index contributed by atoms with van der Waals surface area (Å²) in [5.74, 6) is -0.684. The minimum Gasteiger partial charge on any atom is -0.343 e. The molecule has 0 saturated carbocycles. The van der Waals surface area contributed by atoms with Gasteiger partial charge in [-0.1, -0.05) is 18.2 Å². The fraction of sp³-hybridized carbons (Fsp3) is 0.105. The van der Waals surface area contributed by atoms with Gasteiger partial charge in [0, 0.05) is 18.0 Å². The van der Waals surface area contributed by atoms with Crippen LogP contribution in [-0.4, -0.2) is 30.3 Å². The quantitative estimate of drug-likeness (QED) is 0.583. The Morgan fingerprint density at radius 1 is 1.14 bits per heavy atom. The van der Waals surface area contributed by atoms with Crippen molar-refractivity contribution in [2.75, 3.05) is 0 Å². The van der Waals surface area contributed by atoms with E-state index in [1.54, 1.807) is 35.7 Å². The number of aromatic nitrogens is 5. The molecule has 0 radical (unpaired) electrons. The number of carbonyl (C=O) groups excluding carboxylic acids is 1. The maximum atomic E-state index is 14.1. The van der Waals surface area contributed by atoms with Crippen LogP contribution in [0.5, 0.6) is 0 Å². The van der Waals surface area contributed by atoms with Crippen molar-refractivity contribution < 1.29 is 9.18 Å². The molecule has 0 fully saturated rings. The van der Waals surface area contributed by atoms with Crippen LogP contribution in [0, 0.1) is 12.7 Å². The molecule has 0 spiro atoms. The number of halogens is 1. The van der Waals surface area contributed by atoms with E-state index in [1.807, 2.05) is 12.1 Å². The van der Waals surface area contributed by atoms with Crippen LogP contribution < -0.4 is 10.7 Å². The third-order valence-electron chi connectivity index (χ3n) is 4.19. The van der Waals surface area contributed by atoms with E-state index in [-0.39, 0.29) is 17.9 Å². The Kier molecular flexibility index (Phi) is 4.40. The summed E-state index contributed by atoms with van der Waals surface area (Å²) in [6.07, 6.45) is 1.77. The van der Waals surface area contributed by atoms with Gasteiger partial charge < -0.3 is 5.32 Å². The lowest BCUT2D eigenvalue weighted by Crippen LogP contribution is -2.32. The minimum atomic E-state index is -0.678. The molecule has 0 atom stereocenters. The van der Waals surface area contributed by atoms with Crippen molar-refractivity contribution in [1.29, 1.82) is 0 Å². The van der Waals surface area contributed by atoms with Crippen molar-refractivity contribution in [2.24, 2.45) is 0 Å². The van der Waals surface area contributed by atoms with Crippen molar-refractivity contribution in [1.82, 2.24) is 29.7 Å². The predicted molar refractivity (Wildman–Crippen MR) is 98.7 cm³/mol. The summed E-state index contributed by atoms with van der Waals surface area (Å²) in [7, 11) is 0. The number of hydrogen-bond donors (Lipinski definition) is 1. The van der Waals surface area contributed by atoms with Crippen molar-refractivity contribution in [3.05, 3.63) is 88.0 Å². The normalized spacial score (nSPS) is 10.9. The largest absolute Gasteiger partial charge is 0.343 e. The Morgan fingerprint density at radius 3 is 2.75 bits per heavy atom. The maximum Gasteiger partial charge on any atom is 0.276 e. The molecular weight excluding hydrogens is 363 g/mol. The van der Waals surface area contributed by atoms with Gasteiger partial charge in [-0.3, -0.25) is 14.0 Å². The van der Waals surface area contributed by atoms with Gasteiger partial charge in [-0.05, 0) is 31.2 Å². The number of para-hydroxylation sites is 1. The SMILES string of the molecule is Cc1cc(=O)c(C(=O)NCc2nnc3ccccn23)nn1-c1ccccc1F. The lowest BCUT2D eigenvalue weighted by molar-refractivity contribution is 0.0941. The molecule has 4 rings (SSSR count). The average Bonchev–Trinajstić information content (AvgIpc) is 3.10. The highest BCUT2D eigenvalue weighted by atomic mass is 19.1. The second kappa shape index (κ2) is 7.03. The zero-order valence-electron chi connectivity index (χ0n) is 14.8. The number of rotatable bonds is 4. The van der Waals surface area contributed by atoms with Crippen LogP contribution in [0.1, 0.15) is 22.0 Å². The number of aryl methyl sites for hydroxylation is 1. The second-order valence-electron chi connectivity index (χ2n) is 6.09. The topological polar surface area (TPSA) is 94.2 Å². The predicted octanol–water partition coefficient (Wildman–Crippen LogP) is 1.65. The van der Waals surface area contributed by atoms with Crippen LogP contribution in [0.25, 0.3) is 11.3 Å². The van der Waals surface area contributed by atoms with Crippen LogP contribution in [0.2, 0.25) is 0 Å². The monoisotopic (exact) mass is 378 g/mol. The van der Waals surface area contributed by atoms with E-state index >= 15 is 0 Å². The van der Waals surface area contributed by atoms with Crippen molar-refractivity contribution >= 4 is 11.6 Å². The summed E-state index contributed by atoms with van der Waals surface area (Å²) in [5.41, 5.74) is 0.325. The molecule has 1 aromatic carbocycles. The van der Waals surface area contributed by atoms with E-state index in [4.69, 9.17) is 0 Å². The molecule has 0 bridgehead atoms. The number of nitrogens with one attached hydrogen (secondary N) is 1. The van der Waals surface area contributed by atoms with Crippen molar-refractivity contribution in [2.45, 2.75) is 13.5 Å². The van der Waals surface area contributed by atoms with Crippen molar-refractivity contribution in [3.63, 3.8) is 0 Å². The van der Waals surface area contributed by atoms with Gasteiger partial charge in [-0.25, -0.2) is 9.07 Å². The van der Waals surface area contributed by atoms with Gasteiger partial charge in [0.2, 0.25) is 5.43 Å². The van der Waals surface area contributed by atoms with Crippen molar-refractivity contribution in [3.8, 4) is 5.69 Å². The van der Waals surface area contributed by atoms with E-state index in [0.29, 0.717) is 17.2 Å². The Morgan fingerprint density at radius 2 is 1.93 bits per heavy atom. The molecule has 0 aliphatic heterocycles. The maximum absolute atomic E-state index is 14.1. The van der Waals surface area contributed by atoms with Gasteiger partial charge in [0.25, 0.3) is 5.91 Å². The molecule has 8 nitrogen and oxygen atoms in total. The fourth-order valence-corrected chi connectivity index (χ4v) is 2.83. The molecule has 0 aliphatic carbocycles. The number of fused-ring (bicyclic) bond motifs is 1. The second-order valence-corrected chi connectivity index (χ2v) is 6.09. The molecule has 4 aromatic rings. The summed E-state index contributed by atoms with van der Waals surface area (Å²) in [6, 6.07) is 12.7. The fourth-order valence-electron chi connectivity index (χ4n) is 2.83. The molecule has 0 unspecified atom stereocenters. The van der Waals surface area contributed by atoms with E-state index in [2.05, 4.69) is 20.6 Å². The smallest absolute Gasteiger partial charge is 0.276 e. The Hall–Kier alpha value is -3.88. The number of amides is 1. The Balaban J connectivity index is 1.63. The van der Waals surface area contributed by atoms with E-state index in [1.165, 1.54) is 22.9 Å². The van der Waals surface area contributed by atoms with E-state index in [9.17, 15) is 14.0 Å². The highest BCUT2D eigenvalue weighted by Crippen LogP contribution is 2.13. The first-order valence-corrected chi connectivity index (χ1v) is 8.47. The summed E-state index contributed by atoms with van der Waals surface area (Å²) in [5, 5.41) is 14.7. The summed E-state index contributed by atoms with van der Waals surface area (Å²) in [4.78, 5) is 24.8. The molecule has 0 saturated heterocycles. The molecular formula is C19H15FN6O2. The van der Waals surface area contributed by atoms with Crippen LogP contribution in [0.15, 0.2) is 59.5 Å². The first kappa shape index (κ1) is 17.5. The molecule has 3 heterocycles. The lowest BCUT2D eigenvalue weighted by Gasteiger charge is -2.12. The molecule has 1 amide bonds. The van der Waals surface area contributed by atoms with E-state index < -0.39 is 17.2 Å². The van der Waals surface area contributed by atoms with Crippen LogP contribution in [0.4, 0.5) is 4.39 Å². The molecule has 3 aromatic heterocycles. The standard InChI is InChI=1S/C19H15FN6O2/c1-12-10-15(27)18(24-26(12)14-7-3-2-6-13(14)20)19(28)21-11-17-23-22-16-8-4-5-9-25(16)17/h2-10H,11H2,1H3,(H,21,28).